The third-order valence-corrected chi connectivity index (χ3v) is 3.27. The molecular formula is C13H15BrN6OS. The van der Waals surface area contributed by atoms with Gasteiger partial charge in [0, 0.05) is 10.0 Å². The molecule has 7 nitrogen and oxygen atoms in total. The van der Waals surface area contributed by atoms with Crippen LogP contribution in [0.15, 0.2) is 28.7 Å². The first kappa shape index (κ1) is 16.5. The van der Waals surface area contributed by atoms with Gasteiger partial charge in [0.2, 0.25) is 0 Å². The quantitative estimate of drug-likeness (QED) is 0.788. The minimum absolute atomic E-state index is 0.122. The fourth-order valence-corrected chi connectivity index (χ4v) is 2.05. The number of carbonyl (C=O) groups is 1. The molecule has 9 heteroatoms. The summed E-state index contributed by atoms with van der Waals surface area (Å²) < 4.78 is 0.899. The van der Waals surface area contributed by atoms with Crippen molar-refractivity contribution in [1.29, 1.82) is 0 Å². The zero-order valence-corrected chi connectivity index (χ0v) is 14.5. The Morgan fingerprint density at radius 3 is 2.68 bits per heavy atom. The summed E-state index contributed by atoms with van der Waals surface area (Å²) in [5.74, 6) is 0.354. The predicted molar refractivity (Wildman–Crippen MR) is 90.5 cm³/mol. The molecule has 1 amide bonds. The van der Waals surface area contributed by atoms with E-state index in [1.165, 1.54) is 4.80 Å². The highest BCUT2D eigenvalue weighted by atomic mass is 79.9. The highest BCUT2D eigenvalue weighted by Crippen LogP contribution is 2.10. The van der Waals surface area contributed by atoms with E-state index in [0.717, 1.165) is 4.47 Å². The molecule has 0 bridgehead atoms. The molecule has 116 valence electrons. The van der Waals surface area contributed by atoms with Crippen LogP contribution in [0, 0.1) is 5.92 Å². The molecule has 0 atom stereocenters. The topological polar surface area (TPSA) is 84.7 Å². The second-order valence-corrected chi connectivity index (χ2v) is 6.30. The Bertz CT molecular complexity index is 669. The van der Waals surface area contributed by atoms with Crippen LogP contribution in [0.25, 0.3) is 0 Å². The second-order valence-electron chi connectivity index (χ2n) is 4.98. The molecule has 22 heavy (non-hydrogen) atoms. The molecule has 0 fully saturated rings. The number of aromatic nitrogens is 4. The number of rotatable bonds is 4. The van der Waals surface area contributed by atoms with Crippen LogP contribution in [0.4, 0.5) is 5.95 Å². The largest absolute Gasteiger partial charge is 0.299 e. The van der Waals surface area contributed by atoms with Crippen molar-refractivity contribution in [1.82, 2.24) is 25.5 Å². The van der Waals surface area contributed by atoms with Gasteiger partial charge >= 0.3 is 0 Å². The Hall–Kier alpha value is -1.87. The van der Waals surface area contributed by atoms with Crippen molar-refractivity contribution >= 4 is 45.1 Å². The number of carbonyl (C=O) groups excluding carboxylic acids is 1. The summed E-state index contributed by atoms with van der Waals surface area (Å²) in [5.41, 5.74) is 0.503. The first-order valence-corrected chi connectivity index (χ1v) is 7.80. The normalized spacial score (nSPS) is 10.5. The van der Waals surface area contributed by atoms with E-state index < -0.39 is 0 Å². The average molecular weight is 383 g/mol. The standard InChI is InChI=1S/C13H15BrN6OS/c1-8(2)7-20-18-12(17-19-20)16-13(22)15-11(21)9-3-5-10(14)6-4-9/h3-6,8H,7H2,1-2H3,(H2,15,16,18,21,22). The lowest BCUT2D eigenvalue weighted by molar-refractivity contribution is 0.0977. The summed E-state index contributed by atoms with van der Waals surface area (Å²) in [4.78, 5) is 13.5. The monoisotopic (exact) mass is 382 g/mol. The number of nitrogens with zero attached hydrogens (tertiary/aromatic N) is 4. The maximum absolute atomic E-state index is 12.0. The fourth-order valence-electron chi connectivity index (χ4n) is 1.61. The minimum Gasteiger partial charge on any atom is -0.299 e. The van der Waals surface area contributed by atoms with E-state index in [1.807, 2.05) is 0 Å². The minimum atomic E-state index is -0.306. The van der Waals surface area contributed by atoms with E-state index in [2.05, 4.69) is 55.8 Å². The molecule has 1 aromatic heterocycles. The number of tetrazole rings is 1. The Morgan fingerprint density at radius 2 is 2.05 bits per heavy atom. The molecule has 0 aliphatic heterocycles. The Labute approximate surface area is 141 Å². The number of hydrogen-bond donors (Lipinski definition) is 2. The summed E-state index contributed by atoms with van der Waals surface area (Å²) in [6, 6.07) is 6.95. The maximum atomic E-state index is 12.0. The molecule has 0 unspecified atom stereocenters. The van der Waals surface area contributed by atoms with Crippen LogP contribution >= 0.6 is 28.1 Å². The fraction of sp³-hybridized carbons (Fsp3) is 0.308. The Morgan fingerprint density at radius 1 is 1.36 bits per heavy atom. The number of amides is 1. The molecule has 1 aromatic carbocycles. The van der Waals surface area contributed by atoms with E-state index >= 15 is 0 Å². The Kier molecular flexibility index (Phi) is 5.56. The van der Waals surface area contributed by atoms with Crippen LogP contribution in [0.5, 0.6) is 0 Å². The van der Waals surface area contributed by atoms with Crippen LogP contribution in [0.3, 0.4) is 0 Å². The molecule has 2 rings (SSSR count). The van der Waals surface area contributed by atoms with Crippen LogP contribution in [-0.2, 0) is 6.54 Å². The number of hydrogen-bond acceptors (Lipinski definition) is 5. The van der Waals surface area contributed by atoms with Crippen LogP contribution in [0.2, 0.25) is 0 Å². The zero-order chi connectivity index (χ0) is 16.1. The van der Waals surface area contributed by atoms with Gasteiger partial charge < -0.3 is 0 Å². The number of thiocarbonyl (C=S) groups is 1. The van der Waals surface area contributed by atoms with E-state index in [4.69, 9.17) is 12.2 Å². The Balaban J connectivity index is 1.91. The van der Waals surface area contributed by atoms with Crippen molar-refractivity contribution in [3.8, 4) is 0 Å². The van der Waals surface area contributed by atoms with Crippen molar-refractivity contribution in [2.75, 3.05) is 5.32 Å². The highest BCUT2D eigenvalue weighted by molar-refractivity contribution is 9.10. The van der Waals surface area contributed by atoms with Crippen LogP contribution in [0.1, 0.15) is 24.2 Å². The lowest BCUT2D eigenvalue weighted by atomic mass is 10.2. The SMILES string of the molecule is CC(C)Cn1nnc(NC(=S)NC(=O)c2ccc(Br)cc2)n1. The first-order chi connectivity index (χ1) is 10.4. The van der Waals surface area contributed by atoms with Gasteiger partial charge in [-0.2, -0.15) is 4.80 Å². The summed E-state index contributed by atoms with van der Waals surface area (Å²) >= 11 is 8.38. The molecular weight excluding hydrogens is 368 g/mol. The summed E-state index contributed by atoms with van der Waals surface area (Å²) in [5, 5.41) is 17.3. The van der Waals surface area contributed by atoms with Gasteiger partial charge in [-0.15, -0.1) is 5.10 Å². The molecule has 0 saturated heterocycles. The summed E-state index contributed by atoms with van der Waals surface area (Å²) in [7, 11) is 0. The van der Waals surface area contributed by atoms with E-state index in [9.17, 15) is 4.79 Å². The highest BCUT2D eigenvalue weighted by Gasteiger charge is 2.10. The number of anilines is 1. The summed E-state index contributed by atoms with van der Waals surface area (Å²) in [6.07, 6.45) is 0. The van der Waals surface area contributed by atoms with Gasteiger partial charge in [0.25, 0.3) is 11.9 Å². The predicted octanol–water partition coefficient (Wildman–Crippen LogP) is 2.22. The average Bonchev–Trinajstić information content (AvgIpc) is 2.85. The zero-order valence-electron chi connectivity index (χ0n) is 12.1. The molecule has 0 aliphatic rings. The van der Waals surface area contributed by atoms with Gasteiger partial charge in [-0.25, -0.2) is 0 Å². The van der Waals surface area contributed by atoms with Crippen molar-refractivity contribution < 1.29 is 4.79 Å². The van der Waals surface area contributed by atoms with Gasteiger partial charge in [0.05, 0.1) is 6.54 Å². The van der Waals surface area contributed by atoms with Crippen LogP contribution in [-0.4, -0.2) is 31.2 Å². The molecule has 0 aliphatic carbocycles. The molecule has 1 heterocycles. The van der Waals surface area contributed by atoms with E-state index in [1.54, 1.807) is 24.3 Å². The van der Waals surface area contributed by atoms with Gasteiger partial charge in [-0.05, 0) is 47.6 Å². The molecule has 0 radical (unpaired) electrons. The molecule has 0 saturated carbocycles. The number of nitrogens with one attached hydrogen (secondary N) is 2. The van der Waals surface area contributed by atoms with Gasteiger partial charge in [-0.1, -0.05) is 34.9 Å². The smallest absolute Gasteiger partial charge is 0.269 e. The van der Waals surface area contributed by atoms with Gasteiger partial charge in [0.1, 0.15) is 0 Å². The van der Waals surface area contributed by atoms with Gasteiger partial charge in [-0.3, -0.25) is 15.4 Å². The lowest BCUT2D eigenvalue weighted by Gasteiger charge is -2.06. The maximum Gasteiger partial charge on any atom is 0.269 e. The van der Waals surface area contributed by atoms with Crippen LogP contribution < -0.4 is 10.6 Å². The van der Waals surface area contributed by atoms with Crippen molar-refractivity contribution in [3.63, 3.8) is 0 Å². The van der Waals surface area contributed by atoms with Crippen molar-refractivity contribution in [3.05, 3.63) is 34.3 Å². The second kappa shape index (κ2) is 7.41. The lowest BCUT2D eigenvalue weighted by Crippen LogP contribution is -2.34. The third-order valence-electron chi connectivity index (χ3n) is 2.54. The van der Waals surface area contributed by atoms with E-state index in [-0.39, 0.29) is 17.0 Å². The van der Waals surface area contributed by atoms with Crippen molar-refractivity contribution in [2.45, 2.75) is 20.4 Å². The van der Waals surface area contributed by atoms with Gasteiger partial charge in [0.15, 0.2) is 5.11 Å². The molecule has 2 N–H and O–H groups in total. The number of benzene rings is 1. The molecule has 0 spiro atoms. The van der Waals surface area contributed by atoms with Crippen molar-refractivity contribution in [2.24, 2.45) is 5.92 Å². The van der Waals surface area contributed by atoms with E-state index in [0.29, 0.717) is 18.0 Å². The first-order valence-electron chi connectivity index (χ1n) is 6.59. The number of halogens is 1. The third kappa shape index (κ3) is 4.85. The summed E-state index contributed by atoms with van der Waals surface area (Å²) in [6.45, 7) is 4.77. The molecule has 2 aromatic rings.